The van der Waals surface area contributed by atoms with Gasteiger partial charge in [-0.2, -0.15) is 0 Å². The third-order valence-corrected chi connectivity index (χ3v) is 4.47. The highest BCUT2D eigenvalue weighted by Crippen LogP contribution is 2.39. The number of hydrogen-bond acceptors (Lipinski definition) is 3. The van der Waals surface area contributed by atoms with Crippen LogP contribution in [0.2, 0.25) is 0 Å². The van der Waals surface area contributed by atoms with Crippen LogP contribution in [0.4, 0.5) is 0 Å². The predicted molar refractivity (Wildman–Crippen MR) is 66.6 cm³/mol. The monoisotopic (exact) mass is 240 g/mol. The topological polar surface area (TPSA) is 55.6 Å². The Hall–Kier alpha value is -0.610. The molecule has 2 aliphatic rings. The molecule has 4 nitrogen and oxygen atoms in total. The quantitative estimate of drug-likeness (QED) is 0.805. The molecular formula is C13H24N2O2. The molecule has 98 valence electrons. The Morgan fingerprint density at radius 3 is 2.41 bits per heavy atom. The van der Waals surface area contributed by atoms with Crippen LogP contribution in [-0.4, -0.2) is 43.7 Å². The summed E-state index contributed by atoms with van der Waals surface area (Å²) in [6, 6.07) is 0. The van der Waals surface area contributed by atoms with Crippen LogP contribution < -0.4 is 5.73 Å². The summed E-state index contributed by atoms with van der Waals surface area (Å²) >= 11 is 0. The fourth-order valence-corrected chi connectivity index (χ4v) is 3.19. The second-order valence-electron chi connectivity index (χ2n) is 5.42. The first-order valence-electron chi connectivity index (χ1n) is 6.74. The number of rotatable bonds is 3. The van der Waals surface area contributed by atoms with E-state index < -0.39 is 0 Å². The molecule has 2 rings (SSSR count). The number of carbonyl (C=O) groups excluding carboxylic acids is 1. The molecule has 1 saturated carbocycles. The lowest BCUT2D eigenvalue weighted by atomic mass is 9.84. The first-order valence-corrected chi connectivity index (χ1v) is 6.74. The zero-order chi connectivity index (χ0) is 12.3. The van der Waals surface area contributed by atoms with Gasteiger partial charge in [0.2, 0.25) is 5.91 Å². The standard InChI is InChI=1S/C13H24N2O2/c1-17-11-4-8-15(9-5-11)12(16)13(10-14)6-2-3-7-13/h11H,2-10,14H2,1H3. The number of hydrogen-bond donors (Lipinski definition) is 1. The molecule has 0 aromatic rings. The minimum Gasteiger partial charge on any atom is -0.381 e. The van der Waals surface area contributed by atoms with Crippen molar-refractivity contribution in [1.82, 2.24) is 4.90 Å². The van der Waals surface area contributed by atoms with E-state index in [-0.39, 0.29) is 5.41 Å². The molecule has 0 bridgehead atoms. The van der Waals surface area contributed by atoms with Crippen LogP contribution in [0.15, 0.2) is 0 Å². The smallest absolute Gasteiger partial charge is 0.230 e. The van der Waals surface area contributed by atoms with E-state index in [1.165, 1.54) is 0 Å². The number of methoxy groups -OCH3 is 1. The number of carbonyl (C=O) groups is 1. The van der Waals surface area contributed by atoms with Crippen molar-refractivity contribution in [3.63, 3.8) is 0 Å². The summed E-state index contributed by atoms with van der Waals surface area (Å²) in [6.07, 6.45) is 6.51. The van der Waals surface area contributed by atoms with E-state index in [0.29, 0.717) is 18.6 Å². The zero-order valence-corrected chi connectivity index (χ0v) is 10.8. The molecule has 1 heterocycles. The maximum Gasteiger partial charge on any atom is 0.230 e. The van der Waals surface area contributed by atoms with Crippen LogP contribution >= 0.6 is 0 Å². The van der Waals surface area contributed by atoms with E-state index in [1.807, 2.05) is 4.90 Å². The molecule has 1 aliphatic heterocycles. The van der Waals surface area contributed by atoms with E-state index in [4.69, 9.17) is 10.5 Å². The summed E-state index contributed by atoms with van der Waals surface area (Å²) in [5.41, 5.74) is 5.62. The summed E-state index contributed by atoms with van der Waals surface area (Å²) in [7, 11) is 1.75. The first-order chi connectivity index (χ1) is 8.22. The molecule has 0 atom stereocenters. The van der Waals surface area contributed by atoms with Gasteiger partial charge in [0.15, 0.2) is 0 Å². The summed E-state index contributed by atoms with van der Waals surface area (Å²) in [5.74, 6) is 0.298. The third kappa shape index (κ3) is 2.47. The summed E-state index contributed by atoms with van der Waals surface area (Å²) in [4.78, 5) is 14.6. The van der Waals surface area contributed by atoms with Crippen molar-refractivity contribution < 1.29 is 9.53 Å². The van der Waals surface area contributed by atoms with Crippen LogP contribution in [0.25, 0.3) is 0 Å². The fraction of sp³-hybridized carbons (Fsp3) is 0.923. The van der Waals surface area contributed by atoms with Crippen molar-refractivity contribution in [3.8, 4) is 0 Å². The van der Waals surface area contributed by atoms with Crippen molar-refractivity contribution in [2.75, 3.05) is 26.7 Å². The Morgan fingerprint density at radius 2 is 1.94 bits per heavy atom. The molecule has 0 radical (unpaired) electrons. The Balaban J connectivity index is 1.96. The summed E-state index contributed by atoms with van der Waals surface area (Å²) < 4.78 is 5.33. The molecular weight excluding hydrogens is 216 g/mol. The second kappa shape index (κ2) is 5.36. The summed E-state index contributed by atoms with van der Waals surface area (Å²) in [5, 5.41) is 0. The second-order valence-corrected chi connectivity index (χ2v) is 5.42. The van der Waals surface area contributed by atoms with Crippen LogP contribution in [-0.2, 0) is 9.53 Å². The first kappa shape index (κ1) is 12.8. The molecule has 0 aromatic carbocycles. The lowest BCUT2D eigenvalue weighted by Gasteiger charge is -2.37. The molecule has 1 aliphatic carbocycles. The van der Waals surface area contributed by atoms with Crippen LogP contribution in [0.3, 0.4) is 0 Å². The number of nitrogens with two attached hydrogens (primary N) is 1. The van der Waals surface area contributed by atoms with Gasteiger partial charge in [-0.3, -0.25) is 4.79 Å². The van der Waals surface area contributed by atoms with Crippen molar-refractivity contribution >= 4 is 5.91 Å². The molecule has 0 spiro atoms. The largest absolute Gasteiger partial charge is 0.381 e. The molecule has 17 heavy (non-hydrogen) atoms. The lowest BCUT2D eigenvalue weighted by Crippen LogP contribution is -2.50. The van der Waals surface area contributed by atoms with E-state index >= 15 is 0 Å². The SMILES string of the molecule is COC1CCN(C(=O)C2(CN)CCCC2)CC1. The van der Waals surface area contributed by atoms with Crippen LogP contribution in [0.1, 0.15) is 38.5 Å². The van der Waals surface area contributed by atoms with E-state index in [1.54, 1.807) is 7.11 Å². The van der Waals surface area contributed by atoms with Gasteiger partial charge in [-0.15, -0.1) is 0 Å². The van der Waals surface area contributed by atoms with Crippen molar-refractivity contribution in [2.45, 2.75) is 44.6 Å². The van der Waals surface area contributed by atoms with Crippen LogP contribution in [0, 0.1) is 5.41 Å². The maximum atomic E-state index is 12.6. The molecule has 4 heteroatoms. The van der Waals surface area contributed by atoms with Gasteiger partial charge >= 0.3 is 0 Å². The van der Waals surface area contributed by atoms with Crippen LogP contribution in [0.5, 0.6) is 0 Å². The van der Waals surface area contributed by atoms with Gasteiger partial charge < -0.3 is 15.4 Å². The molecule has 0 aromatic heterocycles. The third-order valence-electron chi connectivity index (χ3n) is 4.47. The Kier molecular flexibility index (Phi) is 4.05. The number of nitrogens with zero attached hydrogens (tertiary/aromatic N) is 1. The highest BCUT2D eigenvalue weighted by Gasteiger charge is 2.42. The Bertz CT molecular complexity index is 267. The Morgan fingerprint density at radius 1 is 1.35 bits per heavy atom. The van der Waals surface area contributed by atoms with E-state index in [9.17, 15) is 4.79 Å². The highest BCUT2D eigenvalue weighted by molar-refractivity contribution is 5.83. The number of likely N-dealkylation sites (tertiary alicyclic amines) is 1. The van der Waals surface area contributed by atoms with Gasteiger partial charge in [0, 0.05) is 26.7 Å². The summed E-state index contributed by atoms with van der Waals surface area (Å²) in [6.45, 7) is 2.17. The lowest BCUT2D eigenvalue weighted by molar-refractivity contribution is -0.143. The number of ether oxygens (including phenoxy) is 1. The van der Waals surface area contributed by atoms with Gasteiger partial charge in [0.05, 0.1) is 11.5 Å². The number of amides is 1. The molecule has 1 amide bonds. The minimum absolute atomic E-state index is 0.236. The Labute approximate surface area is 103 Å². The predicted octanol–water partition coefficient (Wildman–Crippen LogP) is 1.14. The average molecular weight is 240 g/mol. The highest BCUT2D eigenvalue weighted by atomic mass is 16.5. The van der Waals surface area contributed by atoms with Crippen molar-refractivity contribution in [2.24, 2.45) is 11.1 Å². The molecule has 1 saturated heterocycles. The van der Waals surface area contributed by atoms with Gasteiger partial charge in [-0.05, 0) is 25.7 Å². The average Bonchev–Trinajstić information content (AvgIpc) is 2.88. The van der Waals surface area contributed by atoms with Crippen molar-refractivity contribution in [3.05, 3.63) is 0 Å². The van der Waals surface area contributed by atoms with Crippen molar-refractivity contribution in [1.29, 1.82) is 0 Å². The van der Waals surface area contributed by atoms with E-state index in [2.05, 4.69) is 0 Å². The molecule has 2 N–H and O–H groups in total. The molecule has 2 fully saturated rings. The fourth-order valence-electron chi connectivity index (χ4n) is 3.19. The molecule has 0 unspecified atom stereocenters. The van der Waals surface area contributed by atoms with Gasteiger partial charge in [0.1, 0.15) is 0 Å². The van der Waals surface area contributed by atoms with Gasteiger partial charge in [0.25, 0.3) is 0 Å². The van der Waals surface area contributed by atoms with E-state index in [0.717, 1.165) is 51.6 Å². The minimum atomic E-state index is -0.236. The van der Waals surface area contributed by atoms with Gasteiger partial charge in [-0.1, -0.05) is 12.8 Å². The normalized spacial score (nSPS) is 25.2. The van der Waals surface area contributed by atoms with Gasteiger partial charge in [-0.25, -0.2) is 0 Å². The maximum absolute atomic E-state index is 12.6. The number of piperidine rings is 1. The zero-order valence-electron chi connectivity index (χ0n) is 10.8.